The van der Waals surface area contributed by atoms with E-state index in [4.69, 9.17) is 4.74 Å². The SMILES string of the molecule is COc1ccccc1NC(=O)c1ccc(NC(=O)COC(=O)c2c(F)cccc2F)cc1. The molecule has 0 aliphatic rings. The fourth-order valence-electron chi connectivity index (χ4n) is 2.74. The van der Waals surface area contributed by atoms with Crippen LogP contribution in [0.15, 0.2) is 66.7 Å². The van der Waals surface area contributed by atoms with E-state index in [-0.39, 0.29) is 5.91 Å². The van der Waals surface area contributed by atoms with E-state index in [0.29, 0.717) is 22.7 Å². The molecule has 3 aromatic rings. The Morgan fingerprint density at radius 2 is 1.50 bits per heavy atom. The Labute approximate surface area is 182 Å². The highest BCUT2D eigenvalue weighted by Crippen LogP contribution is 2.24. The number of para-hydroxylation sites is 2. The molecule has 0 saturated carbocycles. The molecule has 0 radical (unpaired) electrons. The van der Waals surface area contributed by atoms with E-state index >= 15 is 0 Å². The largest absolute Gasteiger partial charge is 0.495 e. The minimum atomic E-state index is -1.29. The van der Waals surface area contributed by atoms with Crippen molar-refractivity contribution in [1.82, 2.24) is 0 Å². The van der Waals surface area contributed by atoms with E-state index in [9.17, 15) is 23.2 Å². The number of amides is 2. The van der Waals surface area contributed by atoms with Crippen LogP contribution >= 0.6 is 0 Å². The monoisotopic (exact) mass is 440 g/mol. The number of hydrogen-bond donors (Lipinski definition) is 2. The summed E-state index contributed by atoms with van der Waals surface area (Å²) in [5.74, 6) is -4.06. The summed E-state index contributed by atoms with van der Waals surface area (Å²) < 4.78 is 37.0. The fourth-order valence-corrected chi connectivity index (χ4v) is 2.74. The molecular weight excluding hydrogens is 422 g/mol. The molecule has 0 heterocycles. The molecule has 0 aromatic heterocycles. The van der Waals surface area contributed by atoms with Gasteiger partial charge in [0.15, 0.2) is 6.61 Å². The molecule has 0 fully saturated rings. The first kappa shape index (κ1) is 22.4. The lowest BCUT2D eigenvalue weighted by Crippen LogP contribution is -2.22. The van der Waals surface area contributed by atoms with Gasteiger partial charge in [0.05, 0.1) is 12.8 Å². The zero-order valence-corrected chi connectivity index (χ0v) is 16.9. The van der Waals surface area contributed by atoms with Crippen molar-refractivity contribution in [1.29, 1.82) is 0 Å². The van der Waals surface area contributed by atoms with Crippen LogP contribution in [0.4, 0.5) is 20.2 Å². The maximum absolute atomic E-state index is 13.6. The number of carbonyl (C=O) groups is 3. The Balaban J connectivity index is 1.55. The van der Waals surface area contributed by atoms with Gasteiger partial charge in [0, 0.05) is 11.3 Å². The number of nitrogens with one attached hydrogen (secondary N) is 2. The zero-order valence-electron chi connectivity index (χ0n) is 16.9. The van der Waals surface area contributed by atoms with Crippen molar-refractivity contribution >= 4 is 29.2 Å². The van der Waals surface area contributed by atoms with Gasteiger partial charge in [-0.1, -0.05) is 18.2 Å². The van der Waals surface area contributed by atoms with E-state index in [1.165, 1.54) is 31.4 Å². The van der Waals surface area contributed by atoms with E-state index in [0.717, 1.165) is 18.2 Å². The van der Waals surface area contributed by atoms with Crippen LogP contribution < -0.4 is 15.4 Å². The van der Waals surface area contributed by atoms with Crippen molar-refractivity contribution in [2.45, 2.75) is 0 Å². The summed E-state index contributed by atoms with van der Waals surface area (Å²) in [7, 11) is 1.49. The van der Waals surface area contributed by atoms with Crippen LogP contribution in [0.3, 0.4) is 0 Å². The second-order valence-electron chi connectivity index (χ2n) is 6.45. The fraction of sp³-hybridized carbons (Fsp3) is 0.0870. The number of esters is 1. The van der Waals surface area contributed by atoms with Crippen molar-refractivity contribution in [2.24, 2.45) is 0 Å². The molecule has 0 aliphatic carbocycles. The topological polar surface area (TPSA) is 93.7 Å². The van der Waals surface area contributed by atoms with Crippen LogP contribution in [0, 0.1) is 11.6 Å². The van der Waals surface area contributed by atoms with Crippen molar-refractivity contribution in [3.8, 4) is 5.75 Å². The second-order valence-corrected chi connectivity index (χ2v) is 6.45. The summed E-state index contributed by atoms with van der Waals surface area (Å²) in [5, 5.41) is 5.18. The molecule has 0 spiro atoms. The molecule has 164 valence electrons. The number of ether oxygens (including phenoxy) is 2. The number of hydrogen-bond acceptors (Lipinski definition) is 5. The summed E-state index contributed by atoms with van der Waals surface area (Å²) >= 11 is 0. The predicted molar refractivity (Wildman–Crippen MR) is 113 cm³/mol. The summed E-state index contributed by atoms with van der Waals surface area (Å²) in [5.41, 5.74) is 0.295. The lowest BCUT2D eigenvalue weighted by molar-refractivity contribution is -0.119. The first-order valence-corrected chi connectivity index (χ1v) is 9.34. The van der Waals surface area contributed by atoms with Gasteiger partial charge in [-0.2, -0.15) is 0 Å². The molecule has 2 amide bonds. The third-order valence-electron chi connectivity index (χ3n) is 4.29. The van der Waals surface area contributed by atoms with Crippen LogP contribution in [-0.4, -0.2) is 31.5 Å². The van der Waals surface area contributed by atoms with Crippen molar-refractivity contribution in [2.75, 3.05) is 24.4 Å². The Morgan fingerprint density at radius 1 is 0.844 bits per heavy atom. The lowest BCUT2D eigenvalue weighted by Gasteiger charge is -2.10. The van der Waals surface area contributed by atoms with Crippen LogP contribution in [-0.2, 0) is 9.53 Å². The number of rotatable bonds is 7. The van der Waals surface area contributed by atoms with Crippen molar-refractivity contribution in [3.63, 3.8) is 0 Å². The van der Waals surface area contributed by atoms with Crippen molar-refractivity contribution < 1.29 is 32.6 Å². The first-order chi connectivity index (χ1) is 15.4. The standard InChI is InChI=1S/C23H18F2N2O5/c1-31-19-8-3-2-7-18(19)27-22(29)14-9-11-15(12-10-14)26-20(28)13-32-23(30)21-16(24)5-4-6-17(21)25/h2-12H,13H2,1H3,(H,26,28)(H,27,29). The van der Waals surface area contributed by atoms with Gasteiger partial charge >= 0.3 is 5.97 Å². The molecule has 3 rings (SSSR count). The van der Waals surface area contributed by atoms with Crippen molar-refractivity contribution in [3.05, 3.63) is 89.5 Å². The Bertz CT molecular complexity index is 1130. The highest BCUT2D eigenvalue weighted by atomic mass is 19.1. The molecule has 9 heteroatoms. The van der Waals surface area contributed by atoms with Gasteiger partial charge in [-0.15, -0.1) is 0 Å². The molecule has 0 atom stereocenters. The zero-order chi connectivity index (χ0) is 23.1. The Kier molecular flexibility index (Phi) is 7.12. The number of carbonyl (C=O) groups excluding carboxylic acids is 3. The molecule has 0 saturated heterocycles. The van der Waals surface area contributed by atoms with Gasteiger partial charge < -0.3 is 20.1 Å². The van der Waals surface area contributed by atoms with Gasteiger partial charge in [0.1, 0.15) is 22.9 Å². The third kappa shape index (κ3) is 5.45. The van der Waals surface area contributed by atoms with Crippen LogP contribution in [0.25, 0.3) is 0 Å². The van der Waals surface area contributed by atoms with E-state index < -0.39 is 35.7 Å². The molecule has 7 nitrogen and oxygen atoms in total. The minimum Gasteiger partial charge on any atom is -0.495 e. The first-order valence-electron chi connectivity index (χ1n) is 9.34. The maximum atomic E-state index is 13.6. The van der Waals surface area contributed by atoms with Crippen LogP contribution in [0.1, 0.15) is 20.7 Å². The highest BCUT2D eigenvalue weighted by Gasteiger charge is 2.19. The molecule has 2 N–H and O–H groups in total. The highest BCUT2D eigenvalue weighted by molar-refractivity contribution is 6.05. The minimum absolute atomic E-state index is 0.329. The molecular formula is C23H18F2N2O5. The maximum Gasteiger partial charge on any atom is 0.344 e. The van der Waals surface area contributed by atoms with E-state index in [1.54, 1.807) is 24.3 Å². The smallest absolute Gasteiger partial charge is 0.344 e. The van der Waals surface area contributed by atoms with Gasteiger partial charge in [-0.3, -0.25) is 9.59 Å². The number of benzene rings is 3. The molecule has 0 unspecified atom stereocenters. The quantitative estimate of drug-likeness (QED) is 0.542. The third-order valence-corrected chi connectivity index (χ3v) is 4.29. The summed E-state index contributed by atoms with van der Waals surface area (Å²) in [6.07, 6.45) is 0. The second kappa shape index (κ2) is 10.2. The van der Waals surface area contributed by atoms with Gasteiger partial charge in [0.2, 0.25) is 0 Å². The molecule has 0 bridgehead atoms. The van der Waals surface area contributed by atoms with Crippen LogP contribution in [0.5, 0.6) is 5.75 Å². The number of anilines is 2. The Hall–Kier alpha value is -4.27. The van der Waals surface area contributed by atoms with Gasteiger partial charge in [0.25, 0.3) is 11.8 Å². The molecule has 3 aromatic carbocycles. The lowest BCUT2D eigenvalue weighted by atomic mass is 10.2. The summed E-state index contributed by atoms with van der Waals surface area (Å²) in [6.45, 7) is -0.747. The number of halogens is 2. The van der Waals surface area contributed by atoms with Gasteiger partial charge in [-0.25, -0.2) is 13.6 Å². The van der Waals surface area contributed by atoms with Crippen LogP contribution in [0.2, 0.25) is 0 Å². The normalized spacial score (nSPS) is 10.2. The number of methoxy groups -OCH3 is 1. The Morgan fingerprint density at radius 3 is 2.16 bits per heavy atom. The predicted octanol–water partition coefficient (Wildman–Crippen LogP) is 4.02. The molecule has 32 heavy (non-hydrogen) atoms. The average Bonchev–Trinajstić information content (AvgIpc) is 2.78. The summed E-state index contributed by atoms with van der Waals surface area (Å²) in [4.78, 5) is 36.2. The van der Waals surface area contributed by atoms with E-state index in [2.05, 4.69) is 15.4 Å². The average molecular weight is 440 g/mol. The molecule has 0 aliphatic heterocycles. The van der Waals surface area contributed by atoms with Gasteiger partial charge in [-0.05, 0) is 48.5 Å². The summed E-state index contributed by atoms with van der Waals surface area (Å²) in [6, 6.07) is 15.8. The van der Waals surface area contributed by atoms with E-state index in [1.807, 2.05) is 0 Å².